The molecule has 0 fully saturated rings. The van der Waals surface area contributed by atoms with Crippen LogP contribution in [-0.4, -0.2) is 16.9 Å². The number of nitrogens with one attached hydrogen (secondary N) is 4. The van der Waals surface area contributed by atoms with Crippen LogP contribution in [0.4, 0.5) is 10.1 Å². The molecule has 136 valence electrons. The third-order valence-corrected chi connectivity index (χ3v) is 3.59. The summed E-state index contributed by atoms with van der Waals surface area (Å²) in [6.45, 7) is 1.40. The molecule has 4 N–H and O–H groups in total. The molecule has 6 nitrogen and oxygen atoms in total. The maximum absolute atomic E-state index is 12.9. The van der Waals surface area contributed by atoms with Crippen LogP contribution < -0.4 is 21.5 Å². The molecule has 0 aliphatic carbocycles. The fourth-order valence-electron chi connectivity index (χ4n) is 2.24. The SMILES string of the molecule is CC(=O)N[C@@H](CC(=O)NNC(=S)Nc1ccc(F)cc1)c1ccccc1. The molecule has 0 heterocycles. The topological polar surface area (TPSA) is 82.3 Å². The maximum atomic E-state index is 12.9. The van der Waals surface area contributed by atoms with E-state index in [-0.39, 0.29) is 29.2 Å². The molecule has 0 unspecified atom stereocenters. The highest BCUT2D eigenvalue weighted by Gasteiger charge is 2.17. The minimum absolute atomic E-state index is 0.0375. The molecule has 0 aromatic heterocycles. The van der Waals surface area contributed by atoms with Crippen molar-refractivity contribution in [1.82, 2.24) is 16.2 Å². The molecule has 0 bridgehead atoms. The van der Waals surface area contributed by atoms with Gasteiger partial charge in [-0.25, -0.2) is 4.39 Å². The summed E-state index contributed by atoms with van der Waals surface area (Å²) in [5, 5.41) is 5.71. The first kappa shape index (κ1) is 19.3. The number of thiocarbonyl (C=S) groups is 1. The van der Waals surface area contributed by atoms with Crippen molar-refractivity contribution in [3.63, 3.8) is 0 Å². The molecule has 0 saturated heterocycles. The average molecular weight is 374 g/mol. The Morgan fingerprint density at radius 3 is 2.31 bits per heavy atom. The standard InChI is InChI=1S/C18H19FN4O2S/c1-12(24)20-16(13-5-3-2-4-6-13)11-17(25)22-23-18(26)21-15-9-7-14(19)8-10-15/h2-10,16H,11H2,1H3,(H,20,24)(H,22,25)(H2,21,23,26)/t16-/m0/s1. The molecule has 0 spiro atoms. The highest BCUT2D eigenvalue weighted by Crippen LogP contribution is 2.16. The van der Waals surface area contributed by atoms with Crippen molar-refractivity contribution in [3.8, 4) is 0 Å². The lowest BCUT2D eigenvalue weighted by molar-refractivity contribution is -0.123. The second-order valence-electron chi connectivity index (χ2n) is 5.50. The largest absolute Gasteiger partial charge is 0.349 e. The first-order valence-electron chi connectivity index (χ1n) is 7.87. The van der Waals surface area contributed by atoms with Gasteiger partial charge in [-0.2, -0.15) is 0 Å². The summed E-state index contributed by atoms with van der Waals surface area (Å²) in [4.78, 5) is 23.5. The van der Waals surface area contributed by atoms with Crippen LogP contribution >= 0.6 is 12.2 Å². The lowest BCUT2D eigenvalue weighted by Gasteiger charge is -2.18. The zero-order chi connectivity index (χ0) is 18.9. The third kappa shape index (κ3) is 6.48. The molecule has 2 rings (SSSR count). The van der Waals surface area contributed by atoms with Gasteiger partial charge in [0.25, 0.3) is 0 Å². The molecule has 2 amide bonds. The summed E-state index contributed by atoms with van der Waals surface area (Å²) in [6, 6.07) is 14.4. The van der Waals surface area contributed by atoms with E-state index in [4.69, 9.17) is 12.2 Å². The van der Waals surface area contributed by atoms with E-state index in [0.717, 1.165) is 5.56 Å². The molecular weight excluding hydrogens is 355 g/mol. The molecule has 8 heteroatoms. The Morgan fingerprint density at radius 2 is 1.69 bits per heavy atom. The van der Waals surface area contributed by atoms with Crippen LogP contribution in [0.1, 0.15) is 24.9 Å². The van der Waals surface area contributed by atoms with Gasteiger partial charge < -0.3 is 10.6 Å². The van der Waals surface area contributed by atoms with Gasteiger partial charge in [0.05, 0.1) is 12.5 Å². The summed E-state index contributed by atoms with van der Waals surface area (Å²) in [6.07, 6.45) is 0.0375. The second kappa shape index (κ2) is 9.47. The van der Waals surface area contributed by atoms with Crippen molar-refractivity contribution in [3.05, 3.63) is 66.0 Å². The van der Waals surface area contributed by atoms with Crippen molar-refractivity contribution >= 4 is 34.8 Å². The number of halogens is 1. The molecule has 1 atom stereocenters. The highest BCUT2D eigenvalue weighted by molar-refractivity contribution is 7.80. The van der Waals surface area contributed by atoms with Gasteiger partial charge in [0.15, 0.2) is 5.11 Å². The van der Waals surface area contributed by atoms with Crippen LogP contribution in [0, 0.1) is 5.82 Å². The van der Waals surface area contributed by atoms with Crippen LogP contribution in [0.2, 0.25) is 0 Å². The smallest absolute Gasteiger partial charge is 0.240 e. The van der Waals surface area contributed by atoms with E-state index < -0.39 is 6.04 Å². The predicted molar refractivity (Wildman–Crippen MR) is 102 cm³/mol. The minimum atomic E-state index is -0.450. The Kier molecular flexibility index (Phi) is 7.04. The van der Waals surface area contributed by atoms with Gasteiger partial charge in [0.2, 0.25) is 11.8 Å². The predicted octanol–water partition coefficient (Wildman–Crippen LogP) is 2.41. The van der Waals surface area contributed by atoms with Crippen molar-refractivity contribution < 1.29 is 14.0 Å². The number of hydrazine groups is 1. The average Bonchev–Trinajstić information content (AvgIpc) is 2.62. The van der Waals surface area contributed by atoms with Crippen molar-refractivity contribution in [2.75, 3.05) is 5.32 Å². The summed E-state index contributed by atoms with van der Waals surface area (Å²) in [7, 11) is 0. The van der Waals surface area contributed by atoms with Crippen LogP contribution in [0.15, 0.2) is 54.6 Å². The lowest BCUT2D eigenvalue weighted by atomic mass is 10.0. The molecule has 26 heavy (non-hydrogen) atoms. The number of hydrogen-bond donors (Lipinski definition) is 4. The minimum Gasteiger partial charge on any atom is -0.349 e. The normalized spacial score (nSPS) is 11.2. The monoisotopic (exact) mass is 374 g/mol. The number of carbonyl (C=O) groups is 2. The summed E-state index contributed by atoms with van der Waals surface area (Å²) >= 11 is 5.06. The maximum Gasteiger partial charge on any atom is 0.240 e. The summed E-state index contributed by atoms with van der Waals surface area (Å²) in [5.74, 6) is -0.934. The van der Waals surface area contributed by atoms with Gasteiger partial charge in [-0.3, -0.25) is 20.4 Å². The molecule has 2 aromatic carbocycles. The van der Waals surface area contributed by atoms with E-state index >= 15 is 0 Å². The number of rotatable bonds is 5. The fraction of sp³-hybridized carbons (Fsp3) is 0.167. The molecular formula is C18H19FN4O2S. The number of anilines is 1. The number of amides is 2. The van der Waals surface area contributed by atoms with Crippen LogP contribution in [0.3, 0.4) is 0 Å². The molecule has 0 saturated carbocycles. The molecule has 2 aromatic rings. The van der Waals surface area contributed by atoms with Crippen molar-refractivity contribution in [2.24, 2.45) is 0 Å². The fourth-order valence-corrected chi connectivity index (χ4v) is 2.41. The van der Waals surface area contributed by atoms with Gasteiger partial charge >= 0.3 is 0 Å². The van der Waals surface area contributed by atoms with Crippen LogP contribution in [0.5, 0.6) is 0 Å². The Labute approximate surface area is 156 Å². The van der Waals surface area contributed by atoms with Gasteiger partial charge in [-0.15, -0.1) is 0 Å². The first-order chi connectivity index (χ1) is 12.4. The Hall–Kier alpha value is -3.00. The lowest BCUT2D eigenvalue weighted by Crippen LogP contribution is -2.45. The highest BCUT2D eigenvalue weighted by atomic mass is 32.1. The van der Waals surface area contributed by atoms with Gasteiger partial charge in [0.1, 0.15) is 5.82 Å². The number of benzene rings is 2. The van der Waals surface area contributed by atoms with E-state index in [1.165, 1.54) is 31.2 Å². The summed E-state index contributed by atoms with van der Waals surface area (Å²) in [5.41, 5.74) is 6.45. The quantitative estimate of drug-likeness (QED) is 0.477. The number of hydrogen-bond acceptors (Lipinski definition) is 3. The zero-order valence-electron chi connectivity index (χ0n) is 14.1. The van der Waals surface area contributed by atoms with E-state index in [1.54, 1.807) is 0 Å². The van der Waals surface area contributed by atoms with Crippen LogP contribution in [-0.2, 0) is 9.59 Å². The van der Waals surface area contributed by atoms with Gasteiger partial charge in [-0.05, 0) is 42.0 Å². The summed E-state index contributed by atoms with van der Waals surface area (Å²) < 4.78 is 12.9. The number of carbonyl (C=O) groups excluding carboxylic acids is 2. The first-order valence-corrected chi connectivity index (χ1v) is 8.28. The van der Waals surface area contributed by atoms with E-state index in [0.29, 0.717) is 5.69 Å². The van der Waals surface area contributed by atoms with E-state index in [1.807, 2.05) is 30.3 Å². The Morgan fingerprint density at radius 1 is 1.04 bits per heavy atom. The Bertz CT molecular complexity index is 769. The molecule has 0 radical (unpaired) electrons. The molecule has 0 aliphatic heterocycles. The molecule has 0 aliphatic rings. The van der Waals surface area contributed by atoms with Gasteiger partial charge in [0, 0.05) is 12.6 Å². The van der Waals surface area contributed by atoms with Crippen molar-refractivity contribution in [2.45, 2.75) is 19.4 Å². The zero-order valence-corrected chi connectivity index (χ0v) is 14.9. The van der Waals surface area contributed by atoms with Crippen molar-refractivity contribution in [1.29, 1.82) is 0 Å². The second-order valence-corrected chi connectivity index (χ2v) is 5.91. The van der Waals surface area contributed by atoms with Crippen LogP contribution in [0.25, 0.3) is 0 Å². The third-order valence-electron chi connectivity index (χ3n) is 3.39. The van der Waals surface area contributed by atoms with E-state index in [2.05, 4.69) is 21.5 Å². The Balaban J connectivity index is 1.86. The van der Waals surface area contributed by atoms with Gasteiger partial charge in [-0.1, -0.05) is 30.3 Å². The van der Waals surface area contributed by atoms with E-state index in [9.17, 15) is 14.0 Å².